The van der Waals surface area contributed by atoms with Crippen LogP contribution >= 0.6 is 0 Å². The first-order chi connectivity index (χ1) is 13.5. The Morgan fingerprint density at radius 1 is 1.14 bits per heavy atom. The Balaban J connectivity index is 1.75. The molecule has 1 aromatic heterocycles. The van der Waals surface area contributed by atoms with Gasteiger partial charge < -0.3 is 9.30 Å². The number of anilines is 1. The number of nitro benzene ring substituents is 1. The third-order valence-electron chi connectivity index (χ3n) is 4.35. The van der Waals surface area contributed by atoms with Crippen molar-refractivity contribution in [3.8, 4) is 11.4 Å². The molecular weight excluding hydrogens is 356 g/mol. The van der Waals surface area contributed by atoms with Gasteiger partial charge in [0.2, 0.25) is 0 Å². The van der Waals surface area contributed by atoms with Gasteiger partial charge in [0.25, 0.3) is 5.69 Å². The first-order valence-corrected chi connectivity index (χ1v) is 8.95. The van der Waals surface area contributed by atoms with Crippen molar-refractivity contribution in [3.63, 3.8) is 0 Å². The van der Waals surface area contributed by atoms with Crippen LogP contribution in [0.5, 0.6) is 5.75 Å². The number of rotatable bonds is 7. The quantitative estimate of drug-likeness (QED) is 0.362. The van der Waals surface area contributed by atoms with Crippen molar-refractivity contribution in [3.05, 3.63) is 81.7 Å². The minimum atomic E-state index is -0.428. The standard InChI is InChI=1S/C21H22N4O3/c1-4-28-21-11-9-19(10-12-21)24-15(2)13-17(16(24)3)14-22-23-18-5-7-20(8-6-18)25(26)27/h5-14,23H,4H2,1-3H3/b22-14+. The third-order valence-corrected chi connectivity index (χ3v) is 4.35. The van der Waals surface area contributed by atoms with Gasteiger partial charge in [0.15, 0.2) is 0 Å². The SMILES string of the molecule is CCOc1ccc(-n2c(C)cc(/C=N/Nc3ccc([N+](=O)[O-])cc3)c2C)cc1. The first-order valence-electron chi connectivity index (χ1n) is 8.95. The predicted molar refractivity (Wildman–Crippen MR) is 111 cm³/mol. The molecule has 0 aliphatic heterocycles. The molecule has 0 saturated heterocycles. The van der Waals surface area contributed by atoms with Gasteiger partial charge in [0, 0.05) is 34.8 Å². The zero-order valence-electron chi connectivity index (χ0n) is 16.0. The number of hydrazone groups is 1. The monoisotopic (exact) mass is 378 g/mol. The number of nitro groups is 1. The van der Waals surface area contributed by atoms with E-state index < -0.39 is 4.92 Å². The summed E-state index contributed by atoms with van der Waals surface area (Å²) in [6, 6.07) is 16.2. The van der Waals surface area contributed by atoms with Gasteiger partial charge in [-0.05, 0) is 63.2 Å². The number of aromatic nitrogens is 1. The van der Waals surface area contributed by atoms with Crippen LogP contribution in [0.15, 0.2) is 59.7 Å². The number of aryl methyl sites for hydroxylation is 1. The fourth-order valence-electron chi connectivity index (χ4n) is 3.01. The highest BCUT2D eigenvalue weighted by Crippen LogP contribution is 2.22. The normalized spacial score (nSPS) is 11.0. The van der Waals surface area contributed by atoms with Gasteiger partial charge in [-0.1, -0.05) is 0 Å². The fraction of sp³-hybridized carbons (Fsp3) is 0.190. The molecule has 0 spiro atoms. The molecule has 0 unspecified atom stereocenters. The zero-order chi connectivity index (χ0) is 20.1. The Hall–Kier alpha value is -3.61. The van der Waals surface area contributed by atoms with E-state index in [4.69, 9.17) is 4.74 Å². The van der Waals surface area contributed by atoms with Crippen LogP contribution < -0.4 is 10.2 Å². The molecule has 7 heteroatoms. The minimum absolute atomic E-state index is 0.0495. The smallest absolute Gasteiger partial charge is 0.269 e. The molecule has 0 aliphatic carbocycles. The number of hydrogen-bond acceptors (Lipinski definition) is 5. The molecule has 2 aromatic carbocycles. The van der Waals surface area contributed by atoms with E-state index >= 15 is 0 Å². The lowest BCUT2D eigenvalue weighted by Crippen LogP contribution is -2.00. The molecule has 3 rings (SSSR count). The van der Waals surface area contributed by atoms with Crippen LogP contribution in [0.25, 0.3) is 5.69 Å². The molecule has 0 fully saturated rings. The summed E-state index contributed by atoms with van der Waals surface area (Å²) < 4.78 is 7.66. The summed E-state index contributed by atoms with van der Waals surface area (Å²) >= 11 is 0. The summed E-state index contributed by atoms with van der Waals surface area (Å²) in [6.45, 7) is 6.69. The average Bonchev–Trinajstić information content (AvgIpc) is 2.97. The lowest BCUT2D eigenvalue weighted by atomic mass is 10.2. The van der Waals surface area contributed by atoms with E-state index in [2.05, 4.69) is 21.2 Å². The van der Waals surface area contributed by atoms with E-state index in [1.165, 1.54) is 12.1 Å². The number of benzene rings is 2. The molecule has 0 amide bonds. The average molecular weight is 378 g/mol. The first kappa shape index (κ1) is 19.2. The highest BCUT2D eigenvalue weighted by molar-refractivity contribution is 5.82. The molecule has 144 valence electrons. The van der Waals surface area contributed by atoms with Crippen LogP contribution in [-0.2, 0) is 0 Å². The molecule has 7 nitrogen and oxygen atoms in total. The Bertz CT molecular complexity index is 990. The van der Waals surface area contributed by atoms with Gasteiger partial charge in [0.05, 0.1) is 23.4 Å². The van der Waals surface area contributed by atoms with Crippen molar-refractivity contribution in [1.82, 2.24) is 4.57 Å². The Morgan fingerprint density at radius 3 is 2.43 bits per heavy atom. The van der Waals surface area contributed by atoms with Gasteiger partial charge in [0.1, 0.15) is 5.75 Å². The van der Waals surface area contributed by atoms with Crippen LogP contribution in [-0.4, -0.2) is 22.3 Å². The Morgan fingerprint density at radius 2 is 1.82 bits per heavy atom. The van der Waals surface area contributed by atoms with Crippen LogP contribution in [0.1, 0.15) is 23.9 Å². The zero-order valence-corrected chi connectivity index (χ0v) is 16.0. The maximum Gasteiger partial charge on any atom is 0.269 e. The summed E-state index contributed by atoms with van der Waals surface area (Å²) in [7, 11) is 0. The third kappa shape index (κ3) is 4.20. The molecule has 1 N–H and O–H groups in total. The second kappa shape index (κ2) is 8.39. The van der Waals surface area contributed by atoms with E-state index in [9.17, 15) is 10.1 Å². The minimum Gasteiger partial charge on any atom is -0.494 e. The molecule has 3 aromatic rings. The highest BCUT2D eigenvalue weighted by Gasteiger charge is 2.09. The number of hydrogen-bond donors (Lipinski definition) is 1. The van der Waals surface area contributed by atoms with E-state index in [1.807, 2.05) is 45.0 Å². The number of nitrogens with zero attached hydrogens (tertiary/aromatic N) is 3. The summed E-state index contributed by atoms with van der Waals surface area (Å²) in [5.41, 5.74) is 7.83. The summed E-state index contributed by atoms with van der Waals surface area (Å²) in [5, 5.41) is 15.0. The van der Waals surface area contributed by atoms with Gasteiger partial charge in [-0.15, -0.1) is 0 Å². The lowest BCUT2D eigenvalue weighted by Gasteiger charge is -2.11. The van der Waals surface area contributed by atoms with Crippen LogP contribution in [0, 0.1) is 24.0 Å². The van der Waals surface area contributed by atoms with E-state index in [0.717, 1.165) is 28.4 Å². The maximum absolute atomic E-state index is 10.7. The second-order valence-electron chi connectivity index (χ2n) is 6.26. The molecule has 0 bridgehead atoms. The number of nitrogens with one attached hydrogen (secondary N) is 1. The van der Waals surface area contributed by atoms with Crippen molar-refractivity contribution >= 4 is 17.6 Å². The molecule has 0 aliphatic rings. The van der Waals surface area contributed by atoms with Gasteiger partial charge in [-0.25, -0.2) is 0 Å². The summed E-state index contributed by atoms with van der Waals surface area (Å²) in [4.78, 5) is 10.3. The molecule has 1 heterocycles. The van der Waals surface area contributed by atoms with Crippen molar-refractivity contribution in [2.24, 2.45) is 5.10 Å². The Labute approximate surface area is 163 Å². The van der Waals surface area contributed by atoms with Gasteiger partial charge >= 0.3 is 0 Å². The maximum atomic E-state index is 10.7. The summed E-state index contributed by atoms with van der Waals surface area (Å²) in [6.07, 6.45) is 1.74. The molecule has 0 saturated carbocycles. The topological polar surface area (TPSA) is 81.7 Å². The predicted octanol–water partition coefficient (Wildman–Crippen LogP) is 4.85. The van der Waals surface area contributed by atoms with Crippen molar-refractivity contribution in [2.75, 3.05) is 12.0 Å². The highest BCUT2D eigenvalue weighted by atomic mass is 16.6. The fourth-order valence-corrected chi connectivity index (χ4v) is 3.01. The molecule has 0 atom stereocenters. The van der Waals surface area contributed by atoms with Crippen molar-refractivity contribution in [1.29, 1.82) is 0 Å². The van der Waals surface area contributed by atoms with Gasteiger partial charge in [-0.3, -0.25) is 15.5 Å². The van der Waals surface area contributed by atoms with Crippen LogP contribution in [0.4, 0.5) is 11.4 Å². The van der Waals surface area contributed by atoms with E-state index in [0.29, 0.717) is 12.3 Å². The van der Waals surface area contributed by atoms with Crippen molar-refractivity contribution < 1.29 is 9.66 Å². The van der Waals surface area contributed by atoms with E-state index in [-0.39, 0.29) is 5.69 Å². The number of ether oxygens (including phenoxy) is 1. The summed E-state index contributed by atoms with van der Waals surface area (Å²) in [5.74, 6) is 0.850. The largest absolute Gasteiger partial charge is 0.494 e. The Kier molecular flexibility index (Phi) is 5.74. The van der Waals surface area contributed by atoms with Crippen LogP contribution in [0.2, 0.25) is 0 Å². The molecule has 28 heavy (non-hydrogen) atoms. The molecule has 0 radical (unpaired) electrons. The second-order valence-corrected chi connectivity index (χ2v) is 6.26. The lowest BCUT2D eigenvalue weighted by molar-refractivity contribution is -0.384. The van der Waals surface area contributed by atoms with Gasteiger partial charge in [-0.2, -0.15) is 5.10 Å². The van der Waals surface area contributed by atoms with E-state index in [1.54, 1.807) is 18.3 Å². The number of non-ortho nitro benzene ring substituents is 1. The van der Waals surface area contributed by atoms with Crippen molar-refractivity contribution in [2.45, 2.75) is 20.8 Å². The van der Waals surface area contributed by atoms with Crippen LogP contribution in [0.3, 0.4) is 0 Å². The molecular formula is C21H22N4O3.